The molecule has 0 saturated carbocycles. The van der Waals surface area contributed by atoms with E-state index in [0.717, 1.165) is 48.1 Å². The first-order chi connectivity index (χ1) is 13.6. The molecule has 3 aromatic carbocycles. The normalized spacial score (nSPS) is 13.8. The minimum atomic E-state index is -0.366. The Morgan fingerprint density at radius 3 is 2.00 bits per heavy atom. The Kier molecular flexibility index (Phi) is 2.88. The first-order valence-electron chi connectivity index (χ1n) is 8.69. The lowest BCUT2D eigenvalue weighted by atomic mass is 9.97. The van der Waals surface area contributed by atoms with Gasteiger partial charge in [-0.2, -0.15) is 0 Å². The number of aromatic nitrogens is 2. The molecule has 0 atom stereocenters. The van der Waals surface area contributed by atoms with Gasteiger partial charge in [0.2, 0.25) is 0 Å². The summed E-state index contributed by atoms with van der Waals surface area (Å²) in [6.45, 7) is 0. The number of aromatic amines is 2. The molecule has 6 rings (SSSR count). The van der Waals surface area contributed by atoms with Gasteiger partial charge in [-0.3, -0.25) is 14.9 Å². The topological polar surface area (TPSA) is 87.0 Å². The maximum absolute atomic E-state index is 12.7. The van der Waals surface area contributed by atoms with Crippen LogP contribution >= 0.6 is 15.9 Å². The number of ether oxygens (including phenoxy) is 1. The van der Waals surface area contributed by atoms with Crippen molar-refractivity contribution in [3.05, 3.63) is 52.0 Å². The smallest absolute Gasteiger partial charge is 0.259 e. The van der Waals surface area contributed by atoms with E-state index in [-0.39, 0.29) is 11.8 Å². The maximum atomic E-state index is 12.7. The Hall–Kier alpha value is -3.32. The number of nitrogens with one attached hydrogen (secondary N) is 3. The molecule has 3 heterocycles. The summed E-state index contributed by atoms with van der Waals surface area (Å²) < 4.78 is 6.26. The average molecular weight is 434 g/mol. The van der Waals surface area contributed by atoms with E-state index < -0.39 is 0 Å². The predicted octanol–water partition coefficient (Wildman–Crippen LogP) is 4.61. The minimum Gasteiger partial charge on any atom is -0.497 e. The zero-order chi connectivity index (χ0) is 19.2. The van der Waals surface area contributed by atoms with Gasteiger partial charge in [-0.05, 0) is 24.3 Å². The predicted molar refractivity (Wildman–Crippen MR) is 111 cm³/mol. The highest BCUT2D eigenvalue weighted by Gasteiger charge is 2.34. The van der Waals surface area contributed by atoms with Crippen LogP contribution in [0.1, 0.15) is 20.7 Å². The van der Waals surface area contributed by atoms with Gasteiger partial charge in [-0.25, -0.2) is 0 Å². The summed E-state index contributed by atoms with van der Waals surface area (Å²) in [5, 5.41) is 5.74. The molecule has 2 aromatic heterocycles. The number of hydrogen-bond acceptors (Lipinski definition) is 3. The summed E-state index contributed by atoms with van der Waals surface area (Å²) in [4.78, 5) is 32.3. The molecule has 3 N–H and O–H groups in total. The molecule has 0 saturated heterocycles. The quantitative estimate of drug-likeness (QED) is 0.337. The number of amides is 2. The summed E-state index contributed by atoms with van der Waals surface area (Å²) in [6, 6.07) is 11.5. The molecule has 6 nitrogen and oxygen atoms in total. The number of hydrogen-bond donors (Lipinski definition) is 3. The molecule has 0 aliphatic carbocycles. The Morgan fingerprint density at radius 2 is 1.39 bits per heavy atom. The van der Waals surface area contributed by atoms with Crippen LogP contribution < -0.4 is 10.1 Å². The molecule has 0 unspecified atom stereocenters. The molecule has 1 aliphatic rings. The van der Waals surface area contributed by atoms with Crippen LogP contribution in [0.25, 0.3) is 43.6 Å². The van der Waals surface area contributed by atoms with Crippen molar-refractivity contribution in [1.29, 1.82) is 0 Å². The van der Waals surface area contributed by atoms with Gasteiger partial charge in [-0.15, -0.1) is 0 Å². The second-order valence-electron chi connectivity index (χ2n) is 6.88. The highest BCUT2D eigenvalue weighted by Crippen LogP contribution is 2.42. The standard InChI is InChI=1S/C21H12BrN3O3/c1-28-9-3-5-11-13(7-9)24-19-15(11)17-16(20(26)25-21(17)27)14-10-4-2-8(22)6-12(10)23-18(14)19/h2-7,23-24H,1H3,(H,25,26,27). The van der Waals surface area contributed by atoms with Crippen LogP contribution in [-0.4, -0.2) is 28.9 Å². The Morgan fingerprint density at radius 1 is 0.821 bits per heavy atom. The molecular formula is C21H12BrN3O3. The van der Waals surface area contributed by atoms with Crippen LogP contribution in [0.2, 0.25) is 0 Å². The Bertz CT molecular complexity index is 1530. The second kappa shape index (κ2) is 5.14. The Balaban J connectivity index is 1.94. The van der Waals surface area contributed by atoms with Crippen LogP contribution in [-0.2, 0) is 0 Å². The number of H-pyrrole nitrogens is 2. The molecule has 1 aliphatic heterocycles. The number of imide groups is 1. The molecule has 7 heteroatoms. The van der Waals surface area contributed by atoms with E-state index in [2.05, 4.69) is 31.2 Å². The zero-order valence-corrected chi connectivity index (χ0v) is 16.2. The number of carbonyl (C=O) groups excluding carboxylic acids is 2. The van der Waals surface area contributed by atoms with Crippen molar-refractivity contribution in [3.63, 3.8) is 0 Å². The first-order valence-corrected chi connectivity index (χ1v) is 9.48. The van der Waals surface area contributed by atoms with Crippen molar-refractivity contribution < 1.29 is 14.3 Å². The summed E-state index contributed by atoms with van der Waals surface area (Å²) >= 11 is 3.49. The van der Waals surface area contributed by atoms with Crippen LogP contribution in [0.5, 0.6) is 5.75 Å². The zero-order valence-electron chi connectivity index (χ0n) is 14.6. The fourth-order valence-electron chi connectivity index (χ4n) is 4.30. The van der Waals surface area contributed by atoms with Crippen molar-refractivity contribution in [2.24, 2.45) is 0 Å². The van der Waals surface area contributed by atoms with E-state index in [0.29, 0.717) is 16.9 Å². The summed E-state index contributed by atoms with van der Waals surface area (Å²) in [6.07, 6.45) is 0. The van der Waals surface area contributed by atoms with Crippen molar-refractivity contribution in [2.75, 3.05) is 7.11 Å². The van der Waals surface area contributed by atoms with E-state index in [1.165, 1.54) is 0 Å². The number of methoxy groups -OCH3 is 1. The molecule has 0 fully saturated rings. The molecule has 5 aromatic rings. The second-order valence-corrected chi connectivity index (χ2v) is 7.80. The van der Waals surface area contributed by atoms with Crippen molar-refractivity contribution in [2.45, 2.75) is 0 Å². The Labute approximate surface area is 166 Å². The van der Waals surface area contributed by atoms with E-state index in [4.69, 9.17) is 4.74 Å². The van der Waals surface area contributed by atoms with Crippen molar-refractivity contribution in [3.8, 4) is 5.75 Å². The molecule has 0 spiro atoms. The molecule has 0 bridgehead atoms. The van der Waals surface area contributed by atoms with E-state index in [1.807, 2.05) is 36.4 Å². The number of rotatable bonds is 1. The van der Waals surface area contributed by atoms with Crippen molar-refractivity contribution in [1.82, 2.24) is 15.3 Å². The molecule has 0 radical (unpaired) electrons. The van der Waals surface area contributed by atoms with Crippen LogP contribution in [0.15, 0.2) is 40.9 Å². The third kappa shape index (κ3) is 1.81. The molecule has 136 valence electrons. The number of benzene rings is 3. The number of fused-ring (bicyclic) bond motifs is 10. The molecular weight excluding hydrogens is 422 g/mol. The van der Waals surface area contributed by atoms with Gasteiger partial charge in [0.25, 0.3) is 11.8 Å². The van der Waals surface area contributed by atoms with E-state index in [1.54, 1.807) is 7.11 Å². The largest absolute Gasteiger partial charge is 0.497 e. The molecule has 2 amide bonds. The lowest BCUT2D eigenvalue weighted by Crippen LogP contribution is -2.20. The number of carbonyl (C=O) groups is 2. The first kappa shape index (κ1) is 15.7. The van der Waals surface area contributed by atoms with Gasteiger partial charge in [-0.1, -0.05) is 22.0 Å². The fourth-order valence-corrected chi connectivity index (χ4v) is 4.66. The maximum Gasteiger partial charge on any atom is 0.259 e. The van der Waals surface area contributed by atoms with Crippen LogP contribution in [0.4, 0.5) is 0 Å². The van der Waals surface area contributed by atoms with E-state index in [9.17, 15) is 9.59 Å². The number of halogens is 1. The molecule has 28 heavy (non-hydrogen) atoms. The SMILES string of the molecule is COc1ccc2c(c1)[nH]c1c3[nH]c4cc(Br)ccc4c3c3c(c21)C(=O)NC3=O. The van der Waals surface area contributed by atoms with Crippen molar-refractivity contribution >= 4 is 71.4 Å². The van der Waals surface area contributed by atoms with Crippen LogP contribution in [0.3, 0.4) is 0 Å². The lowest BCUT2D eigenvalue weighted by Gasteiger charge is -2.03. The van der Waals surface area contributed by atoms with Gasteiger partial charge < -0.3 is 14.7 Å². The third-order valence-electron chi connectivity index (χ3n) is 5.45. The van der Waals surface area contributed by atoms with Crippen LogP contribution in [0, 0.1) is 0 Å². The van der Waals surface area contributed by atoms with Gasteiger partial charge in [0.1, 0.15) is 5.75 Å². The van der Waals surface area contributed by atoms with Gasteiger partial charge in [0.05, 0.1) is 34.8 Å². The fraction of sp³-hybridized carbons (Fsp3) is 0.0476. The summed E-state index contributed by atoms with van der Waals surface area (Å²) in [5.74, 6) is -0.0123. The van der Waals surface area contributed by atoms with E-state index >= 15 is 0 Å². The monoisotopic (exact) mass is 433 g/mol. The van der Waals surface area contributed by atoms with Gasteiger partial charge in [0.15, 0.2) is 0 Å². The summed E-state index contributed by atoms with van der Waals surface area (Å²) in [7, 11) is 1.61. The van der Waals surface area contributed by atoms with Gasteiger partial charge in [0, 0.05) is 37.6 Å². The third-order valence-corrected chi connectivity index (χ3v) is 5.94. The summed E-state index contributed by atoms with van der Waals surface area (Å²) in [5.41, 5.74) is 4.19. The minimum absolute atomic E-state index is 0.362. The average Bonchev–Trinajstić information content (AvgIpc) is 3.31. The highest BCUT2D eigenvalue weighted by atomic mass is 79.9. The lowest BCUT2D eigenvalue weighted by molar-refractivity contribution is 0.0880. The highest BCUT2D eigenvalue weighted by molar-refractivity contribution is 9.10. The van der Waals surface area contributed by atoms with Gasteiger partial charge >= 0.3 is 0 Å².